The fraction of sp³-hybridized carbons (Fsp3) is 0.364. The van der Waals surface area contributed by atoms with Crippen molar-refractivity contribution in [3.8, 4) is 11.4 Å². The molecular weight excluding hydrogens is 472 g/mol. The van der Waals surface area contributed by atoms with Gasteiger partial charge in [-0.05, 0) is 105 Å². The number of rotatable bonds is 12. The Hall–Kier alpha value is -3.57. The number of aromatic nitrogens is 1. The van der Waals surface area contributed by atoms with Crippen molar-refractivity contribution in [2.75, 3.05) is 32.8 Å². The first-order valence-electron chi connectivity index (χ1n) is 14.0. The van der Waals surface area contributed by atoms with E-state index in [2.05, 4.69) is 88.5 Å². The van der Waals surface area contributed by atoms with E-state index in [1.54, 1.807) is 0 Å². The van der Waals surface area contributed by atoms with Crippen LogP contribution in [0, 0.1) is 0 Å². The van der Waals surface area contributed by atoms with Crippen LogP contribution in [-0.4, -0.2) is 48.3 Å². The first kappa shape index (κ1) is 26.1. The van der Waals surface area contributed by atoms with Gasteiger partial charge in [-0.25, -0.2) is 0 Å². The van der Waals surface area contributed by atoms with Crippen molar-refractivity contribution >= 4 is 16.9 Å². The fourth-order valence-electron chi connectivity index (χ4n) is 5.32. The van der Waals surface area contributed by atoms with Crippen LogP contribution in [0.25, 0.3) is 16.6 Å². The maximum Gasteiger partial charge on any atom is 0.306 e. The molecule has 0 atom stereocenters. The zero-order valence-electron chi connectivity index (χ0n) is 22.4. The number of ether oxygens (including phenoxy) is 2. The van der Waals surface area contributed by atoms with Gasteiger partial charge < -0.3 is 14.0 Å². The second kappa shape index (κ2) is 12.8. The Kier molecular flexibility index (Phi) is 8.77. The van der Waals surface area contributed by atoms with Gasteiger partial charge in [0.2, 0.25) is 0 Å². The van der Waals surface area contributed by atoms with Crippen molar-refractivity contribution < 1.29 is 14.3 Å². The lowest BCUT2D eigenvalue weighted by Gasteiger charge is -2.15. The number of likely N-dealkylation sites (tertiary alicyclic amines) is 1. The zero-order chi connectivity index (χ0) is 26.2. The van der Waals surface area contributed by atoms with Crippen LogP contribution in [0.2, 0.25) is 0 Å². The highest BCUT2D eigenvalue weighted by Gasteiger charge is 2.13. The van der Waals surface area contributed by atoms with Crippen LogP contribution >= 0.6 is 0 Å². The molecule has 4 aromatic rings. The van der Waals surface area contributed by atoms with Crippen LogP contribution in [0.15, 0.2) is 79.0 Å². The van der Waals surface area contributed by atoms with Gasteiger partial charge in [0, 0.05) is 30.2 Å². The Bertz CT molecular complexity index is 1320. The molecule has 0 amide bonds. The van der Waals surface area contributed by atoms with Crippen LogP contribution in [-0.2, 0) is 28.8 Å². The standard InChI is InChI=1S/C33H38N2O3/c1-2-37-33(36)19-12-27-11-18-32-31(24-27)28(13-10-26-8-4-3-5-9-26)25-35(32)29-14-16-30(17-15-29)38-23-22-34-20-6-7-21-34/h3-5,8-9,11,14-18,24-25H,2,6-7,10,12-13,19-23H2,1H3. The maximum atomic E-state index is 11.9. The second-order valence-electron chi connectivity index (χ2n) is 10.1. The molecule has 1 saturated heterocycles. The lowest BCUT2D eigenvalue weighted by molar-refractivity contribution is -0.143. The Morgan fingerprint density at radius 3 is 2.42 bits per heavy atom. The fourth-order valence-corrected chi connectivity index (χ4v) is 5.32. The molecule has 1 aliphatic heterocycles. The van der Waals surface area contributed by atoms with Gasteiger partial charge in [-0.1, -0.05) is 36.4 Å². The van der Waals surface area contributed by atoms with Crippen molar-refractivity contribution in [2.45, 2.75) is 45.4 Å². The van der Waals surface area contributed by atoms with Gasteiger partial charge in [-0.3, -0.25) is 9.69 Å². The van der Waals surface area contributed by atoms with E-state index in [4.69, 9.17) is 9.47 Å². The number of aryl methyl sites for hydroxylation is 3. The van der Waals surface area contributed by atoms with Crippen LogP contribution in [0.1, 0.15) is 42.9 Å². The van der Waals surface area contributed by atoms with Gasteiger partial charge in [0.25, 0.3) is 0 Å². The predicted octanol–water partition coefficient (Wildman–Crippen LogP) is 6.39. The third-order valence-electron chi connectivity index (χ3n) is 7.39. The molecule has 3 aromatic carbocycles. The molecule has 1 aromatic heterocycles. The highest BCUT2D eigenvalue weighted by Crippen LogP contribution is 2.29. The number of hydrogen-bond acceptors (Lipinski definition) is 4. The molecule has 0 saturated carbocycles. The smallest absolute Gasteiger partial charge is 0.306 e. The summed E-state index contributed by atoms with van der Waals surface area (Å²) in [6.07, 6.45) is 7.90. The minimum absolute atomic E-state index is 0.141. The van der Waals surface area contributed by atoms with E-state index in [9.17, 15) is 4.79 Å². The van der Waals surface area contributed by atoms with E-state index < -0.39 is 0 Å². The van der Waals surface area contributed by atoms with Crippen LogP contribution in [0.5, 0.6) is 5.75 Å². The quantitative estimate of drug-likeness (QED) is 0.207. The number of carbonyl (C=O) groups excluding carboxylic acids is 1. The number of nitrogens with zero attached hydrogens (tertiary/aromatic N) is 2. The lowest BCUT2D eigenvalue weighted by Crippen LogP contribution is -2.25. The van der Waals surface area contributed by atoms with Gasteiger partial charge in [0.05, 0.1) is 12.1 Å². The molecule has 0 radical (unpaired) electrons. The van der Waals surface area contributed by atoms with Crippen molar-refractivity contribution in [1.82, 2.24) is 9.47 Å². The molecule has 0 bridgehead atoms. The lowest BCUT2D eigenvalue weighted by atomic mass is 10.0. The summed E-state index contributed by atoms with van der Waals surface area (Å²) >= 11 is 0. The molecule has 5 heteroatoms. The molecule has 5 rings (SSSR count). The maximum absolute atomic E-state index is 11.9. The molecule has 0 N–H and O–H groups in total. The van der Waals surface area contributed by atoms with Crippen molar-refractivity contribution in [3.05, 3.63) is 95.7 Å². The summed E-state index contributed by atoms with van der Waals surface area (Å²) in [7, 11) is 0. The first-order chi connectivity index (χ1) is 18.7. The van der Waals surface area contributed by atoms with E-state index in [0.717, 1.165) is 43.0 Å². The topological polar surface area (TPSA) is 43.7 Å². The highest BCUT2D eigenvalue weighted by molar-refractivity contribution is 5.86. The Labute approximate surface area is 226 Å². The van der Waals surface area contributed by atoms with E-state index in [0.29, 0.717) is 19.4 Å². The molecule has 0 aliphatic carbocycles. The van der Waals surface area contributed by atoms with Gasteiger partial charge in [-0.15, -0.1) is 0 Å². The monoisotopic (exact) mass is 510 g/mol. The third kappa shape index (κ3) is 6.65. The minimum Gasteiger partial charge on any atom is -0.492 e. The normalized spacial score (nSPS) is 13.7. The Morgan fingerprint density at radius 2 is 1.66 bits per heavy atom. The third-order valence-corrected chi connectivity index (χ3v) is 7.39. The molecular formula is C33H38N2O3. The van der Waals surface area contributed by atoms with Crippen molar-refractivity contribution in [2.24, 2.45) is 0 Å². The zero-order valence-corrected chi connectivity index (χ0v) is 22.4. The van der Waals surface area contributed by atoms with E-state index in [1.807, 2.05) is 6.92 Å². The summed E-state index contributed by atoms with van der Waals surface area (Å²) < 4.78 is 13.4. The summed E-state index contributed by atoms with van der Waals surface area (Å²) in [5.41, 5.74) is 6.10. The van der Waals surface area contributed by atoms with Gasteiger partial charge in [0.15, 0.2) is 0 Å². The summed E-state index contributed by atoms with van der Waals surface area (Å²) in [6.45, 7) is 6.38. The molecule has 1 fully saturated rings. The molecule has 0 spiro atoms. The first-order valence-corrected chi connectivity index (χ1v) is 14.0. The van der Waals surface area contributed by atoms with E-state index >= 15 is 0 Å². The molecule has 0 unspecified atom stereocenters. The number of esters is 1. The summed E-state index contributed by atoms with van der Waals surface area (Å²) in [5.74, 6) is 0.771. The molecule has 2 heterocycles. The molecule has 38 heavy (non-hydrogen) atoms. The average molecular weight is 511 g/mol. The summed E-state index contributed by atoms with van der Waals surface area (Å²) in [6, 6.07) is 25.6. The van der Waals surface area contributed by atoms with Gasteiger partial charge in [0.1, 0.15) is 12.4 Å². The number of hydrogen-bond donors (Lipinski definition) is 0. The predicted molar refractivity (Wildman–Crippen MR) is 153 cm³/mol. The number of carbonyl (C=O) groups is 1. The van der Waals surface area contributed by atoms with E-state index in [-0.39, 0.29) is 5.97 Å². The average Bonchev–Trinajstić information content (AvgIpc) is 3.60. The van der Waals surface area contributed by atoms with Crippen LogP contribution < -0.4 is 4.74 Å². The Morgan fingerprint density at radius 1 is 0.868 bits per heavy atom. The van der Waals surface area contributed by atoms with Gasteiger partial charge in [-0.2, -0.15) is 0 Å². The number of fused-ring (bicyclic) bond motifs is 1. The second-order valence-corrected chi connectivity index (χ2v) is 10.1. The van der Waals surface area contributed by atoms with Crippen molar-refractivity contribution in [3.63, 3.8) is 0 Å². The van der Waals surface area contributed by atoms with E-state index in [1.165, 1.54) is 48.0 Å². The Balaban J connectivity index is 1.35. The van der Waals surface area contributed by atoms with Crippen LogP contribution in [0.4, 0.5) is 0 Å². The van der Waals surface area contributed by atoms with Crippen molar-refractivity contribution in [1.29, 1.82) is 0 Å². The molecule has 198 valence electrons. The summed E-state index contributed by atoms with van der Waals surface area (Å²) in [4.78, 5) is 14.4. The number of benzene rings is 3. The van der Waals surface area contributed by atoms with Crippen LogP contribution in [0.3, 0.4) is 0 Å². The molecule has 1 aliphatic rings. The SMILES string of the molecule is CCOC(=O)CCc1ccc2c(c1)c(CCc1ccccc1)cn2-c1ccc(OCCN2CCCC2)cc1. The van der Waals surface area contributed by atoms with Gasteiger partial charge >= 0.3 is 5.97 Å². The summed E-state index contributed by atoms with van der Waals surface area (Å²) in [5, 5.41) is 1.24. The minimum atomic E-state index is -0.141. The highest BCUT2D eigenvalue weighted by atomic mass is 16.5. The largest absolute Gasteiger partial charge is 0.492 e. The molecule has 5 nitrogen and oxygen atoms in total.